The first-order valence-electron chi connectivity index (χ1n) is 4.79. The number of benzene rings is 1. The standard InChI is InChI=1S/C11H16N2O/c1-13(2)9-8-11(12-14)10-6-4-3-5-7-10/h3-7,14H,8-9H2,1-2H3/p+1. The molecule has 0 fully saturated rings. The number of oxime groups is 1. The average Bonchev–Trinajstić information content (AvgIpc) is 2.20. The molecule has 76 valence electrons. The molecule has 0 bridgehead atoms. The van der Waals surface area contributed by atoms with Crippen molar-refractivity contribution in [1.82, 2.24) is 0 Å². The Morgan fingerprint density at radius 1 is 1.29 bits per heavy atom. The van der Waals surface area contributed by atoms with E-state index in [1.165, 1.54) is 4.90 Å². The summed E-state index contributed by atoms with van der Waals surface area (Å²) >= 11 is 0. The summed E-state index contributed by atoms with van der Waals surface area (Å²) in [6.07, 6.45) is 0.794. The van der Waals surface area contributed by atoms with E-state index in [9.17, 15) is 0 Å². The SMILES string of the molecule is C[NH+](C)CCC(=NO)c1ccccc1. The maximum Gasteiger partial charge on any atom is 0.0923 e. The van der Waals surface area contributed by atoms with Crippen molar-refractivity contribution in [3.8, 4) is 0 Å². The lowest BCUT2D eigenvalue weighted by molar-refractivity contribution is -0.857. The first-order chi connectivity index (χ1) is 6.74. The highest BCUT2D eigenvalue weighted by Gasteiger charge is 2.05. The molecule has 0 spiro atoms. The van der Waals surface area contributed by atoms with E-state index in [1.54, 1.807) is 0 Å². The van der Waals surface area contributed by atoms with E-state index in [2.05, 4.69) is 19.3 Å². The van der Waals surface area contributed by atoms with Crippen LogP contribution >= 0.6 is 0 Å². The molecule has 0 unspecified atom stereocenters. The Hall–Kier alpha value is -1.35. The molecular weight excluding hydrogens is 176 g/mol. The topological polar surface area (TPSA) is 37.0 Å². The zero-order valence-electron chi connectivity index (χ0n) is 8.70. The number of nitrogens with one attached hydrogen (secondary N) is 1. The number of hydrogen-bond acceptors (Lipinski definition) is 2. The monoisotopic (exact) mass is 193 g/mol. The lowest BCUT2D eigenvalue weighted by Crippen LogP contribution is -3.05. The first-order valence-corrected chi connectivity index (χ1v) is 4.79. The highest BCUT2D eigenvalue weighted by Crippen LogP contribution is 2.02. The Morgan fingerprint density at radius 2 is 1.93 bits per heavy atom. The van der Waals surface area contributed by atoms with Gasteiger partial charge in [0.2, 0.25) is 0 Å². The Labute approximate surface area is 84.7 Å². The molecule has 2 N–H and O–H groups in total. The van der Waals surface area contributed by atoms with Crippen LogP contribution in [0.4, 0.5) is 0 Å². The fourth-order valence-corrected chi connectivity index (χ4v) is 1.25. The minimum Gasteiger partial charge on any atom is -0.411 e. The van der Waals surface area contributed by atoms with Crippen LogP contribution in [0.15, 0.2) is 35.5 Å². The van der Waals surface area contributed by atoms with Gasteiger partial charge in [-0.3, -0.25) is 0 Å². The molecule has 1 aromatic carbocycles. The summed E-state index contributed by atoms with van der Waals surface area (Å²) in [5.74, 6) is 0. The molecule has 0 aliphatic rings. The largest absolute Gasteiger partial charge is 0.411 e. The van der Waals surface area contributed by atoms with E-state index in [0.29, 0.717) is 0 Å². The molecule has 0 aliphatic heterocycles. The second kappa shape index (κ2) is 5.40. The maximum absolute atomic E-state index is 8.87. The number of rotatable bonds is 4. The number of nitrogens with zero attached hydrogens (tertiary/aromatic N) is 1. The lowest BCUT2D eigenvalue weighted by Gasteiger charge is -2.07. The van der Waals surface area contributed by atoms with Gasteiger partial charge in [0.15, 0.2) is 0 Å². The van der Waals surface area contributed by atoms with Gasteiger partial charge in [-0.25, -0.2) is 0 Å². The van der Waals surface area contributed by atoms with Crippen molar-refractivity contribution in [2.24, 2.45) is 5.16 Å². The summed E-state index contributed by atoms with van der Waals surface area (Å²) in [5, 5.41) is 12.2. The van der Waals surface area contributed by atoms with Gasteiger partial charge in [-0.15, -0.1) is 0 Å². The summed E-state index contributed by atoms with van der Waals surface area (Å²) in [6, 6.07) is 9.77. The molecule has 1 aromatic rings. The minimum atomic E-state index is 0.756. The third-order valence-electron chi connectivity index (χ3n) is 2.09. The van der Waals surface area contributed by atoms with Crippen molar-refractivity contribution >= 4 is 5.71 Å². The predicted octanol–water partition coefficient (Wildman–Crippen LogP) is 0.400. The zero-order valence-corrected chi connectivity index (χ0v) is 8.70. The Morgan fingerprint density at radius 3 is 2.43 bits per heavy atom. The summed E-state index contributed by atoms with van der Waals surface area (Å²) in [5.41, 5.74) is 1.75. The van der Waals surface area contributed by atoms with Crippen molar-refractivity contribution in [2.45, 2.75) is 6.42 Å². The van der Waals surface area contributed by atoms with Crippen LogP contribution < -0.4 is 4.90 Å². The van der Waals surface area contributed by atoms with Crippen LogP contribution in [-0.2, 0) is 0 Å². The van der Waals surface area contributed by atoms with Gasteiger partial charge >= 0.3 is 0 Å². The molecule has 0 heterocycles. The first kappa shape index (κ1) is 10.7. The lowest BCUT2D eigenvalue weighted by atomic mass is 10.1. The minimum absolute atomic E-state index is 0.756. The summed E-state index contributed by atoms with van der Waals surface area (Å²) in [6.45, 7) is 0.967. The van der Waals surface area contributed by atoms with E-state index in [1.807, 2.05) is 30.3 Å². The van der Waals surface area contributed by atoms with Gasteiger partial charge in [-0.05, 0) is 5.56 Å². The van der Waals surface area contributed by atoms with Gasteiger partial charge < -0.3 is 10.1 Å². The van der Waals surface area contributed by atoms with Crippen molar-refractivity contribution in [2.75, 3.05) is 20.6 Å². The van der Waals surface area contributed by atoms with Crippen molar-refractivity contribution in [1.29, 1.82) is 0 Å². The van der Waals surface area contributed by atoms with Gasteiger partial charge in [-0.1, -0.05) is 35.5 Å². The highest BCUT2D eigenvalue weighted by molar-refractivity contribution is 6.00. The van der Waals surface area contributed by atoms with Gasteiger partial charge in [-0.2, -0.15) is 0 Å². The second-order valence-electron chi connectivity index (χ2n) is 3.62. The highest BCUT2D eigenvalue weighted by atomic mass is 16.4. The van der Waals surface area contributed by atoms with Gasteiger partial charge in [0.25, 0.3) is 0 Å². The smallest absolute Gasteiger partial charge is 0.0923 e. The van der Waals surface area contributed by atoms with E-state index in [0.717, 1.165) is 24.2 Å². The Balaban J connectivity index is 2.65. The van der Waals surface area contributed by atoms with Crippen molar-refractivity contribution in [3.05, 3.63) is 35.9 Å². The fourth-order valence-electron chi connectivity index (χ4n) is 1.25. The molecule has 0 saturated carbocycles. The van der Waals surface area contributed by atoms with Crippen LogP contribution in [0.25, 0.3) is 0 Å². The van der Waals surface area contributed by atoms with Gasteiger partial charge in [0.05, 0.1) is 26.4 Å². The third-order valence-corrected chi connectivity index (χ3v) is 2.09. The molecule has 3 heteroatoms. The van der Waals surface area contributed by atoms with Crippen molar-refractivity contribution < 1.29 is 10.1 Å². The molecule has 0 amide bonds. The van der Waals surface area contributed by atoms with E-state index in [-0.39, 0.29) is 0 Å². The second-order valence-corrected chi connectivity index (χ2v) is 3.62. The van der Waals surface area contributed by atoms with Gasteiger partial charge in [0.1, 0.15) is 0 Å². The number of hydrogen-bond donors (Lipinski definition) is 2. The number of quaternary nitrogens is 1. The van der Waals surface area contributed by atoms with Gasteiger partial charge in [0, 0.05) is 6.42 Å². The van der Waals surface area contributed by atoms with Crippen molar-refractivity contribution in [3.63, 3.8) is 0 Å². The molecule has 0 radical (unpaired) electrons. The van der Waals surface area contributed by atoms with Crippen LogP contribution in [0.2, 0.25) is 0 Å². The zero-order chi connectivity index (χ0) is 10.4. The van der Waals surface area contributed by atoms with E-state index >= 15 is 0 Å². The molecule has 1 rings (SSSR count). The fraction of sp³-hybridized carbons (Fsp3) is 0.364. The van der Waals surface area contributed by atoms with Crippen LogP contribution in [0.1, 0.15) is 12.0 Å². The summed E-state index contributed by atoms with van der Waals surface area (Å²) in [4.78, 5) is 1.35. The predicted molar refractivity (Wildman–Crippen MR) is 57.1 cm³/mol. The average molecular weight is 193 g/mol. The maximum atomic E-state index is 8.87. The molecule has 0 aromatic heterocycles. The summed E-state index contributed by atoms with van der Waals surface area (Å²) in [7, 11) is 4.17. The molecule has 0 aliphatic carbocycles. The molecule has 3 nitrogen and oxygen atoms in total. The Bertz CT molecular complexity index is 293. The summed E-state index contributed by atoms with van der Waals surface area (Å²) < 4.78 is 0. The molecule has 14 heavy (non-hydrogen) atoms. The van der Waals surface area contributed by atoms with Crippen LogP contribution in [0, 0.1) is 0 Å². The molecule has 0 saturated heterocycles. The normalized spacial score (nSPS) is 12.1. The third kappa shape index (κ3) is 3.18. The Kier molecular flexibility index (Phi) is 4.13. The van der Waals surface area contributed by atoms with Crippen LogP contribution in [0.3, 0.4) is 0 Å². The van der Waals surface area contributed by atoms with Crippen LogP contribution in [-0.4, -0.2) is 31.6 Å². The van der Waals surface area contributed by atoms with Crippen LogP contribution in [0.5, 0.6) is 0 Å². The van der Waals surface area contributed by atoms with E-state index in [4.69, 9.17) is 5.21 Å². The molecule has 0 atom stereocenters. The molecular formula is C11H17N2O+. The van der Waals surface area contributed by atoms with E-state index < -0.39 is 0 Å². The quantitative estimate of drug-likeness (QED) is 0.405.